The van der Waals surface area contributed by atoms with E-state index in [2.05, 4.69) is 29.4 Å². The standard InChI is InChI=1S/C34H49N3O6.C30H49N3O6.C2HF3O2/c1-24(2)37(34(39)26-11-16-31(42-5)32(21-26)43-20-8-19-40-3)29-13-12-27(35-23-29)17-18-36(28-14-15-28)33(38)22-25-9-6-7-10-30(25)41-4;1-21(2)33(28(34)22-9-14-26(37-7)27(19-22)38-18-8-17-36-6)25-13-12-24(15-16-31-23-10-11-23)32(20-25)29(35)39-30(3,4)5;3-2(4,5)1(6)7/h6-7,9-11,16,21,24,27-29,35H,8,12-15,17-20,22-23H2,1-5H3;9,14,19,21,23-25,31H,8,10-13,15-18,20H2,1-7H3;(H,6,7)/t27-,29-;24-,25-;/m11./s1. The number of para-hydroxylation sites is 1. The molecule has 89 heavy (non-hydrogen) atoms. The van der Waals surface area contributed by atoms with Crippen LogP contribution >= 0.6 is 0 Å². The molecule has 4 amide bonds. The fourth-order valence-electron chi connectivity index (χ4n) is 11.1. The number of carboxylic acids is 1. The Bertz CT molecular complexity index is 2690. The molecule has 2 saturated heterocycles. The maximum Gasteiger partial charge on any atom is 0.490 e. The third-order valence-electron chi connectivity index (χ3n) is 15.8. The molecule has 7 rings (SSSR count). The molecule has 0 aromatic heterocycles. The van der Waals surface area contributed by atoms with Crippen molar-refractivity contribution in [3.05, 3.63) is 77.4 Å². The number of likely N-dealkylation sites (tertiary alicyclic amines) is 1. The van der Waals surface area contributed by atoms with Gasteiger partial charge in [-0.25, -0.2) is 9.59 Å². The van der Waals surface area contributed by atoms with Gasteiger partial charge in [-0.05, 0) is 162 Å². The number of carboxylic acid groups (broad SMARTS) is 1. The zero-order chi connectivity index (χ0) is 65.4. The Morgan fingerprint density at radius 3 is 1.63 bits per heavy atom. The Morgan fingerprint density at radius 1 is 0.652 bits per heavy atom. The number of halogens is 3. The van der Waals surface area contributed by atoms with E-state index >= 15 is 0 Å². The number of nitrogens with one attached hydrogen (secondary N) is 2. The molecule has 3 N–H and O–H groups in total. The maximum absolute atomic E-state index is 13.9. The van der Waals surface area contributed by atoms with Gasteiger partial charge < -0.3 is 73.2 Å². The van der Waals surface area contributed by atoms with Crippen molar-refractivity contribution in [1.82, 2.24) is 30.2 Å². The molecule has 3 aromatic carbocycles. The van der Waals surface area contributed by atoms with Gasteiger partial charge in [-0.3, -0.25) is 14.4 Å². The Hall–Kier alpha value is -6.56. The predicted octanol–water partition coefficient (Wildman–Crippen LogP) is 10.2. The highest BCUT2D eigenvalue weighted by atomic mass is 19.4. The topological polar surface area (TPSA) is 216 Å². The average Bonchev–Trinajstić information content (AvgIpc) is 2.43. The molecule has 4 fully saturated rings. The van der Waals surface area contributed by atoms with Crippen molar-refractivity contribution < 1.29 is 80.1 Å². The summed E-state index contributed by atoms with van der Waals surface area (Å²) in [5, 5.41) is 14.4. The number of alkyl halides is 3. The summed E-state index contributed by atoms with van der Waals surface area (Å²) in [6.07, 6.45) is 6.37. The zero-order valence-electron chi connectivity index (χ0n) is 54.4. The van der Waals surface area contributed by atoms with E-state index < -0.39 is 17.7 Å². The van der Waals surface area contributed by atoms with E-state index in [9.17, 15) is 32.3 Å². The monoisotopic (exact) mass is 1260 g/mol. The number of hydrogen-bond acceptors (Lipinski definition) is 15. The SMILES string of the molecule is COCCCOc1cc(C(=O)N(C(C)C)[C@@H]2CC[C@H](CCN(C(=O)Cc3ccccc3OC)C3CC3)NC2)ccc1OC.COCCCOc1cc(C(=O)N(C(C)C)[C@@H]2CC[C@H](CCNC3CC3)N(C(=O)OC(C)(C)C)C2)ccc1OC.O=C(O)C(F)(F)F. The quantitative estimate of drug-likeness (QED) is 0.0551. The van der Waals surface area contributed by atoms with Gasteiger partial charge in [-0.1, -0.05) is 18.2 Å². The third kappa shape index (κ3) is 23.6. The Kier molecular flexibility index (Phi) is 29.4. The average molecular weight is 1260 g/mol. The maximum atomic E-state index is 13.9. The first-order chi connectivity index (χ1) is 42.3. The second-order valence-electron chi connectivity index (χ2n) is 24.5. The molecule has 4 atom stereocenters. The van der Waals surface area contributed by atoms with Gasteiger partial charge >= 0.3 is 18.2 Å². The van der Waals surface area contributed by atoms with Gasteiger partial charge in [-0.15, -0.1) is 0 Å². The lowest BCUT2D eigenvalue weighted by Gasteiger charge is -2.45. The van der Waals surface area contributed by atoms with E-state index in [0.29, 0.717) is 91.6 Å². The van der Waals surface area contributed by atoms with E-state index in [-0.39, 0.29) is 54.0 Å². The lowest BCUT2D eigenvalue weighted by Crippen LogP contribution is -2.57. The van der Waals surface area contributed by atoms with Gasteiger partial charge in [0.05, 0.1) is 47.0 Å². The molecule has 2 aliphatic carbocycles. The van der Waals surface area contributed by atoms with Crippen molar-refractivity contribution in [2.75, 3.05) is 88.2 Å². The van der Waals surface area contributed by atoms with E-state index in [1.165, 1.54) is 12.8 Å². The number of piperidine rings is 2. The highest BCUT2D eigenvalue weighted by molar-refractivity contribution is 5.96. The fraction of sp³-hybridized carbons (Fsp3) is 0.652. The first kappa shape index (κ1) is 73.2. The van der Waals surface area contributed by atoms with Crippen molar-refractivity contribution in [3.8, 4) is 28.7 Å². The fourth-order valence-corrected chi connectivity index (χ4v) is 11.1. The highest BCUT2D eigenvalue weighted by Crippen LogP contribution is 2.35. The van der Waals surface area contributed by atoms with Crippen molar-refractivity contribution in [1.29, 1.82) is 0 Å². The van der Waals surface area contributed by atoms with E-state index in [1.54, 1.807) is 65.9 Å². The number of nitrogens with zero attached hydrogens (tertiary/aromatic N) is 4. The molecule has 2 aliphatic heterocycles. The largest absolute Gasteiger partial charge is 0.496 e. The van der Waals surface area contributed by atoms with Crippen LogP contribution in [0.5, 0.6) is 28.7 Å². The van der Waals surface area contributed by atoms with Crippen LogP contribution in [0.4, 0.5) is 18.0 Å². The van der Waals surface area contributed by atoms with Gasteiger partial charge in [0.15, 0.2) is 23.0 Å². The molecule has 0 unspecified atom stereocenters. The molecule has 2 heterocycles. The van der Waals surface area contributed by atoms with E-state index in [4.69, 9.17) is 47.8 Å². The van der Waals surface area contributed by atoms with Crippen LogP contribution in [0.3, 0.4) is 0 Å². The van der Waals surface area contributed by atoms with Crippen LogP contribution in [0.15, 0.2) is 60.7 Å². The van der Waals surface area contributed by atoms with Crippen LogP contribution < -0.4 is 34.3 Å². The van der Waals surface area contributed by atoms with Gasteiger partial charge in [0.2, 0.25) is 5.91 Å². The van der Waals surface area contributed by atoms with Crippen LogP contribution in [0.1, 0.15) is 152 Å². The molecule has 3 aromatic rings. The van der Waals surface area contributed by atoms with E-state index in [0.717, 1.165) is 95.2 Å². The highest BCUT2D eigenvalue weighted by Gasteiger charge is 2.41. The number of methoxy groups -OCH3 is 5. The number of aliphatic carboxylic acids is 1. The third-order valence-corrected chi connectivity index (χ3v) is 15.8. The van der Waals surface area contributed by atoms with Crippen LogP contribution in [0.25, 0.3) is 0 Å². The summed E-state index contributed by atoms with van der Waals surface area (Å²) in [5.41, 5.74) is 1.47. The first-order valence-electron chi connectivity index (χ1n) is 31.3. The smallest absolute Gasteiger partial charge is 0.490 e. The van der Waals surface area contributed by atoms with Crippen molar-refractivity contribution in [3.63, 3.8) is 0 Å². The molecule has 4 aliphatic rings. The number of carbonyl (C=O) groups excluding carboxylic acids is 4. The lowest BCUT2D eigenvalue weighted by molar-refractivity contribution is -0.192. The van der Waals surface area contributed by atoms with Gasteiger partial charge in [0.1, 0.15) is 11.4 Å². The van der Waals surface area contributed by atoms with Crippen LogP contribution in [-0.4, -0.2) is 203 Å². The van der Waals surface area contributed by atoms with Crippen LogP contribution in [0.2, 0.25) is 0 Å². The minimum absolute atomic E-state index is 0.00788. The molecular weight excluding hydrogens is 1160 g/mol. The number of carbonyl (C=O) groups is 5. The summed E-state index contributed by atoms with van der Waals surface area (Å²) >= 11 is 0. The van der Waals surface area contributed by atoms with Crippen molar-refractivity contribution >= 4 is 29.8 Å². The molecule has 23 heteroatoms. The van der Waals surface area contributed by atoms with Crippen molar-refractivity contribution in [2.45, 2.75) is 192 Å². The lowest BCUT2D eigenvalue weighted by atomic mass is 9.94. The summed E-state index contributed by atoms with van der Waals surface area (Å²) in [5.74, 6) is 0.359. The number of rotatable bonds is 29. The zero-order valence-corrected chi connectivity index (χ0v) is 54.4. The molecule has 0 bridgehead atoms. The van der Waals surface area contributed by atoms with Gasteiger partial charge in [0, 0.05) is 119 Å². The molecule has 0 spiro atoms. The molecule has 2 saturated carbocycles. The molecule has 20 nitrogen and oxygen atoms in total. The van der Waals surface area contributed by atoms with Gasteiger partial charge in [-0.2, -0.15) is 13.2 Å². The molecule has 498 valence electrons. The molecular formula is C66H99F3N6O14. The van der Waals surface area contributed by atoms with Crippen LogP contribution in [-0.2, 0) is 30.2 Å². The summed E-state index contributed by atoms with van der Waals surface area (Å²) in [4.78, 5) is 71.0. The van der Waals surface area contributed by atoms with E-state index in [1.807, 2.05) is 79.7 Å². The molecule has 0 radical (unpaired) electrons. The Balaban J connectivity index is 0.000000293. The summed E-state index contributed by atoms with van der Waals surface area (Å²) in [7, 11) is 8.15. The number of benzene rings is 3. The summed E-state index contributed by atoms with van der Waals surface area (Å²) in [6, 6.07) is 19.8. The van der Waals surface area contributed by atoms with Crippen molar-refractivity contribution in [2.24, 2.45) is 0 Å². The number of amides is 4. The predicted molar refractivity (Wildman–Crippen MR) is 333 cm³/mol. The Morgan fingerprint density at radius 2 is 1.17 bits per heavy atom. The summed E-state index contributed by atoms with van der Waals surface area (Å²) < 4.78 is 76.0. The van der Waals surface area contributed by atoms with Gasteiger partial charge in [0.25, 0.3) is 11.8 Å². The number of hydrogen-bond donors (Lipinski definition) is 3. The Labute approximate surface area is 524 Å². The second kappa shape index (κ2) is 35.7. The summed E-state index contributed by atoms with van der Waals surface area (Å²) in [6.45, 7) is 18.8. The normalized spacial score (nSPS) is 18.3. The van der Waals surface area contributed by atoms with Crippen LogP contribution in [0, 0.1) is 0 Å². The second-order valence-corrected chi connectivity index (χ2v) is 24.5. The first-order valence-corrected chi connectivity index (χ1v) is 31.3. The minimum Gasteiger partial charge on any atom is -0.496 e. The number of ether oxygens (including phenoxy) is 8. The minimum atomic E-state index is -5.08.